The fraction of sp³-hybridized carbons (Fsp3) is 0.276. The molecule has 0 aliphatic heterocycles. The first kappa shape index (κ1) is 21.7. The highest BCUT2D eigenvalue weighted by Gasteiger charge is 2.36. The fourth-order valence-corrected chi connectivity index (χ4v) is 5.45. The van der Waals surface area contributed by atoms with Crippen molar-refractivity contribution in [3.05, 3.63) is 78.9 Å². The first-order chi connectivity index (χ1) is 17.2. The van der Waals surface area contributed by atoms with Gasteiger partial charge in [0, 0.05) is 40.9 Å². The maximum atomic E-state index is 6.40. The first-order valence-corrected chi connectivity index (χ1v) is 12.5. The summed E-state index contributed by atoms with van der Waals surface area (Å²) in [6.45, 7) is 6.66. The Balaban J connectivity index is 1.42. The van der Waals surface area contributed by atoms with Crippen molar-refractivity contribution >= 4 is 22.2 Å². The van der Waals surface area contributed by atoms with Crippen LogP contribution in [0, 0.1) is 0 Å². The number of hydrogen-bond acceptors (Lipinski definition) is 5. The van der Waals surface area contributed by atoms with Gasteiger partial charge < -0.3 is 10.6 Å². The van der Waals surface area contributed by atoms with Crippen molar-refractivity contribution in [1.82, 2.24) is 24.3 Å². The quantitative estimate of drug-likeness (QED) is 0.346. The van der Waals surface area contributed by atoms with E-state index in [0.717, 1.165) is 70.7 Å². The second-order valence-electron chi connectivity index (χ2n) is 9.36. The van der Waals surface area contributed by atoms with Crippen LogP contribution in [0.2, 0.25) is 0 Å². The van der Waals surface area contributed by atoms with Gasteiger partial charge in [0.15, 0.2) is 0 Å². The van der Waals surface area contributed by atoms with Crippen LogP contribution >= 0.6 is 0 Å². The third kappa shape index (κ3) is 3.74. The second kappa shape index (κ2) is 8.78. The summed E-state index contributed by atoms with van der Waals surface area (Å²) >= 11 is 0. The van der Waals surface area contributed by atoms with Crippen molar-refractivity contribution in [3.8, 4) is 22.5 Å². The summed E-state index contributed by atoms with van der Waals surface area (Å²) in [4.78, 5) is 17.1. The van der Waals surface area contributed by atoms with Gasteiger partial charge in [0.1, 0.15) is 22.9 Å². The van der Waals surface area contributed by atoms with Crippen molar-refractivity contribution in [2.45, 2.75) is 38.6 Å². The Morgan fingerprint density at radius 1 is 0.943 bits per heavy atom. The summed E-state index contributed by atoms with van der Waals surface area (Å²) in [6.07, 6.45) is 6.02. The number of imidazole rings is 1. The predicted molar refractivity (Wildman–Crippen MR) is 142 cm³/mol. The van der Waals surface area contributed by atoms with Crippen molar-refractivity contribution in [2.24, 2.45) is 0 Å². The van der Waals surface area contributed by atoms with Crippen LogP contribution in [0.1, 0.15) is 38.4 Å². The fourth-order valence-electron chi connectivity index (χ4n) is 5.45. The molecule has 0 unspecified atom stereocenters. The lowest BCUT2D eigenvalue weighted by Gasteiger charge is -2.41. The molecule has 6 rings (SSSR count). The molecule has 3 aromatic heterocycles. The van der Waals surface area contributed by atoms with Gasteiger partial charge in [-0.25, -0.2) is 15.0 Å². The number of rotatable bonds is 6. The molecule has 0 spiro atoms. The summed E-state index contributed by atoms with van der Waals surface area (Å²) < 4.78 is 2.15. The zero-order chi connectivity index (χ0) is 23.9. The molecule has 6 nitrogen and oxygen atoms in total. The Labute approximate surface area is 205 Å². The van der Waals surface area contributed by atoms with Crippen LogP contribution in [-0.2, 0) is 0 Å². The number of fused-ring (bicyclic) bond motifs is 2. The predicted octanol–water partition coefficient (Wildman–Crippen LogP) is 5.78. The maximum Gasteiger partial charge on any atom is 0.150 e. The third-order valence-corrected chi connectivity index (χ3v) is 7.45. The molecule has 3 heterocycles. The average molecular weight is 463 g/mol. The first-order valence-electron chi connectivity index (χ1n) is 12.5. The molecule has 2 aromatic carbocycles. The van der Waals surface area contributed by atoms with E-state index >= 15 is 0 Å². The Kier molecular flexibility index (Phi) is 5.46. The molecule has 1 aliphatic carbocycles. The number of anilines is 1. The van der Waals surface area contributed by atoms with E-state index < -0.39 is 0 Å². The van der Waals surface area contributed by atoms with Crippen LogP contribution in [0.4, 0.5) is 5.82 Å². The molecule has 0 saturated heterocycles. The molecule has 0 amide bonds. The Hall–Kier alpha value is -3.77. The number of aromatic nitrogens is 4. The molecule has 1 fully saturated rings. The topological polar surface area (TPSA) is 72.3 Å². The lowest BCUT2D eigenvalue weighted by Crippen LogP contribution is -2.44. The number of nitrogens with zero attached hydrogens (tertiary/aromatic N) is 5. The Morgan fingerprint density at radius 3 is 2.49 bits per heavy atom. The Bertz CT molecular complexity index is 1500. The molecule has 5 aromatic rings. The SMILES string of the molecule is CCN(CC)C1CC(c2nc(-c3ccc4ccc(-c5ccccc5)nc4c3)c3c(N)nccn23)C1. The van der Waals surface area contributed by atoms with Gasteiger partial charge in [0.05, 0.1) is 11.2 Å². The summed E-state index contributed by atoms with van der Waals surface area (Å²) in [7, 11) is 0. The van der Waals surface area contributed by atoms with Gasteiger partial charge in [-0.3, -0.25) is 4.40 Å². The molecule has 0 radical (unpaired) electrons. The number of nitrogens with two attached hydrogens (primary N) is 1. The summed E-state index contributed by atoms with van der Waals surface area (Å²) in [6, 6.07) is 21.5. The number of benzene rings is 2. The standard InChI is InChI=1S/C29H30N6/c1-3-34(4-2)23-16-22(17-23)29-33-26(27-28(30)31-14-15-35(27)29)21-11-10-20-12-13-24(32-25(20)18-21)19-8-6-5-7-9-19/h5-15,18,22-23H,3-4,16-17H2,1-2H3,(H2,30,31). The molecule has 0 atom stereocenters. The molecular weight excluding hydrogens is 432 g/mol. The van der Waals surface area contributed by atoms with Crippen LogP contribution in [0.15, 0.2) is 73.1 Å². The number of pyridine rings is 1. The van der Waals surface area contributed by atoms with E-state index in [0.29, 0.717) is 17.8 Å². The van der Waals surface area contributed by atoms with Gasteiger partial charge in [0.25, 0.3) is 0 Å². The van der Waals surface area contributed by atoms with Gasteiger partial charge in [-0.2, -0.15) is 0 Å². The number of nitrogen functional groups attached to an aromatic ring is 1. The summed E-state index contributed by atoms with van der Waals surface area (Å²) in [5, 5.41) is 1.10. The molecule has 6 heteroatoms. The molecule has 0 bridgehead atoms. The second-order valence-corrected chi connectivity index (χ2v) is 9.36. The number of hydrogen-bond donors (Lipinski definition) is 1. The van der Waals surface area contributed by atoms with E-state index in [1.807, 2.05) is 24.4 Å². The molecule has 176 valence electrons. The molecular formula is C29H30N6. The van der Waals surface area contributed by atoms with Crippen LogP contribution in [0.3, 0.4) is 0 Å². The normalized spacial score (nSPS) is 17.8. The van der Waals surface area contributed by atoms with E-state index in [1.165, 1.54) is 0 Å². The zero-order valence-corrected chi connectivity index (χ0v) is 20.2. The lowest BCUT2D eigenvalue weighted by atomic mass is 9.78. The van der Waals surface area contributed by atoms with Gasteiger partial charge in [-0.15, -0.1) is 0 Å². The van der Waals surface area contributed by atoms with E-state index in [1.54, 1.807) is 6.20 Å². The van der Waals surface area contributed by atoms with E-state index in [4.69, 9.17) is 15.7 Å². The molecule has 1 saturated carbocycles. The van der Waals surface area contributed by atoms with Crippen LogP contribution < -0.4 is 5.73 Å². The smallest absolute Gasteiger partial charge is 0.150 e. The van der Waals surface area contributed by atoms with E-state index in [9.17, 15) is 0 Å². The van der Waals surface area contributed by atoms with Crippen LogP contribution in [-0.4, -0.2) is 43.4 Å². The minimum absolute atomic E-state index is 0.423. The highest BCUT2D eigenvalue weighted by molar-refractivity contribution is 5.91. The van der Waals surface area contributed by atoms with Gasteiger partial charge >= 0.3 is 0 Å². The minimum Gasteiger partial charge on any atom is -0.382 e. The van der Waals surface area contributed by atoms with Crippen molar-refractivity contribution in [3.63, 3.8) is 0 Å². The van der Waals surface area contributed by atoms with Crippen LogP contribution in [0.5, 0.6) is 0 Å². The van der Waals surface area contributed by atoms with Gasteiger partial charge in [0.2, 0.25) is 0 Å². The highest BCUT2D eigenvalue weighted by Crippen LogP contribution is 2.42. The lowest BCUT2D eigenvalue weighted by molar-refractivity contribution is 0.117. The molecule has 2 N–H and O–H groups in total. The molecule has 1 aliphatic rings. The van der Waals surface area contributed by atoms with Crippen LogP contribution in [0.25, 0.3) is 38.9 Å². The maximum absolute atomic E-state index is 6.40. The van der Waals surface area contributed by atoms with Crippen molar-refractivity contribution < 1.29 is 0 Å². The van der Waals surface area contributed by atoms with Gasteiger partial charge in [-0.05, 0) is 38.1 Å². The minimum atomic E-state index is 0.423. The van der Waals surface area contributed by atoms with Crippen molar-refractivity contribution in [2.75, 3.05) is 18.8 Å². The molecule has 35 heavy (non-hydrogen) atoms. The van der Waals surface area contributed by atoms with E-state index in [-0.39, 0.29) is 0 Å². The largest absolute Gasteiger partial charge is 0.382 e. The highest BCUT2D eigenvalue weighted by atomic mass is 15.2. The monoisotopic (exact) mass is 462 g/mol. The Morgan fingerprint density at radius 2 is 1.71 bits per heavy atom. The van der Waals surface area contributed by atoms with E-state index in [2.05, 4.69) is 70.6 Å². The summed E-state index contributed by atoms with van der Waals surface area (Å²) in [5.74, 6) is 2.01. The summed E-state index contributed by atoms with van der Waals surface area (Å²) in [5.41, 5.74) is 12.2. The third-order valence-electron chi connectivity index (χ3n) is 7.45. The van der Waals surface area contributed by atoms with Gasteiger partial charge in [-0.1, -0.05) is 62.4 Å². The average Bonchev–Trinajstić information content (AvgIpc) is 3.26. The van der Waals surface area contributed by atoms with Crippen molar-refractivity contribution in [1.29, 1.82) is 0 Å². The zero-order valence-electron chi connectivity index (χ0n) is 20.2.